The maximum atomic E-state index is 13.1. The maximum absolute atomic E-state index is 13.1. The smallest absolute Gasteiger partial charge is 0.294 e. The highest BCUT2D eigenvalue weighted by Gasteiger charge is 2.25. The zero-order chi connectivity index (χ0) is 28.1. The predicted molar refractivity (Wildman–Crippen MR) is 151 cm³/mol. The van der Waals surface area contributed by atoms with Crippen LogP contribution in [0.4, 0.5) is 5.82 Å². The summed E-state index contributed by atoms with van der Waals surface area (Å²) >= 11 is 9.47. The van der Waals surface area contributed by atoms with E-state index in [4.69, 9.17) is 26.8 Å². The second-order valence-corrected chi connectivity index (χ2v) is 9.48. The molecule has 0 aliphatic heterocycles. The number of ether oxygens (including phenoxy) is 2. The normalized spacial score (nSPS) is 11.1. The van der Waals surface area contributed by atoms with Crippen molar-refractivity contribution in [3.05, 3.63) is 93.0 Å². The highest BCUT2D eigenvalue weighted by molar-refractivity contribution is 9.10. The van der Waals surface area contributed by atoms with E-state index in [1.807, 2.05) is 30.3 Å². The first kappa shape index (κ1) is 26.8. The van der Waals surface area contributed by atoms with Gasteiger partial charge in [-0.2, -0.15) is 9.78 Å². The van der Waals surface area contributed by atoms with Gasteiger partial charge < -0.3 is 15.2 Å². The molecule has 5 rings (SSSR count). The van der Waals surface area contributed by atoms with Crippen LogP contribution in [0.1, 0.15) is 21.6 Å². The number of hydrogen-bond acceptors (Lipinski definition) is 10. The highest BCUT2D eigenvalue weighted by Crippen LogP contribution is 2.37. The van der Waals surface area contributed by atoms with E-state index in [0.29, 0.717) is 44.4 Å². The van der Waals surface area contributed by atoms with Crippen molar-refractivity contribution >= 4 is 45.5 Å². The lowest BCUT2D eigenvalue weighted by molar-refractivity contribution is 0.0950. The second kappa shape index (κ2) is 12.0. The van der Waals surface area contributed by atoms with Gasteiger partial charge in [0.15, 0.2) is 17.2 Å². The molecule has 2 aromatic heterocycles. The van der Waals surface area contributed by atoms with Gasteiger partial charge in [-0.25, -0.2) is 10.1 Å². The van der Waals surface area contributed by atoms with E-state index in [9.17, 15) is 4.79 Å². The molecule has 3 aromatic carbocycles. The fourth-order valence-corrected chi connectivity index (χ4v) is 4.38. The van der Waals surface area contributed by atoms with E-state index in [2.05, 4.69) is 51.7 Å². The fourth-order valence-electron chi connectivity index (χ4n) is 3.68. The Hall–Kier alpha value is -4.75. The van der Waals surface area contributed by atoms with Gasteiger partial charge >= 0.3 is 0 Å². The topological polar surface area (TPSA) is 156 Å². The third kappa shape index (κ3) is 5.80. The molecule has 0 unspecified atom stereocenters. The number of carbonyl (C=O) groups excluding carboxylic acids is 1. The fraction of sp³-hybridized carbons (Fsp3) is 0.0769. The standard InChI is InChI=1S/C26H20BrClN8O4/c1-38-20-12-16(11-19(27)23(20)39-14-15-7-9-18(28)10-8-15)13-30-32-26(37)21-22(17-5-3-2-4-6-17)36(35-31-21)25-24(29)33-40-34-25/h2-13H,14H2,1H3,(H2,29,33)(H,32,37)/b30-13-. The highest BCUT2D eigenvalue weighted by atomic mass is 79.9. The van der Waals surface area contributed by atoms with Crippen molar-refractivity contribution in [2.45, 2.75) is 6.61 Å². The number of nitrogens with two attached hydrogens (primary N) is 1. The molecule has 0 radical (unpaired) electrons. The van der Waals surface area contributed by atoms with Gasteiger partial charge in [0.1, 0.15) is 12.3 Å². The van der Waals surface area contributed by atoms with Crippen LogP contribution in [0.25, 0.3) is 17.1 Å². The summed E-state index contributed by atoms with van der Waals surface area (Å²) in [4.78, 5) is 13.1. The molecule has 0 fully saturated rings. The molecule has 1 amide bonds. The lowest BCUT2D eigenvalue weighted by Gasteiger charge is -2.13. The summed E-state index contributed by atoms with van der Waals surface area (Å²) in [5, 5.41) is 20.1. The van der Waals surface area contributed by atoms with Crippen LogP contribution in [0.2, 0.25) is 5.02 Å². The number of hydrazone groups is 1. The van der Waals surface area contributed by atoms with E-state index in [1.54, 1.807) is 36.4 Å². The molecule has 14 heteroatoms. The molecule has 40 heavy (non-hydrogen) atoms. The van der Waals surface area contributed by atoms with Crippen LogP contribution in [0, 0.1) is 0 Å². The van der Waals surface area contributed by atoms with Crippen molar-refractivity contribution < 1.29 is 18.9 Å². The van der Waals surface area contributed by atoms with Crippen LogP contribution in [0.5, 0.6) is 11.5 Å². The SMILES string of the molecule is COc1cc(/C=N\NC(=O)c2nnn(-c3nonc3N)c2-c2ccccc2)cc(Br)c1OCc1ccc(Cl)cc1. The van der Waals surface area contributed by atoms with Gasteiger partial charge in [-0.15, -0.1) is 5.10 Å². The van der Waals surface area contributed by atoms with Gasteiger partial charge in [0.2, 0.25) is 11.6 Å². The van der Waals surface area contributed by atoms with E-state index in [-0.39, 0.29) is 17.3 Å². The van der Waals surface area contributed by atoms with Crippen LogP contribution in [-0.2, 0) is 6.61 Å². The lowest BCUT2D eigenvalue weighted by Crippen LogP contribution is -2.19. The summed E-state index contributed by atoms with van der Waals surface area (Å²) in [5.41, 5.74) is 10.9. The zero-order valence-electron chi connectivity index (χ0n) is 20.8. The molecule has 0 spiro atoms. The Balaban J connectivity index is 1.34. The van der Waals surface area contributed by atoms with Crippen molar-refractivity contribution in [3.63, 3.8) is 0 Å². The van der Waals surface area contributed by atoms with E-state index in [0.717, 1.165) is 5.56 Å². The van der Waals surface area contributed by atoms with Crippen LogP contribution < -0.4 is 20.6 Å². The van der Waals surface area contributed by atoms with Crippen molar-refractivity contribution in [3.8, 4) is 28.6 Å². The van der Waals surface area contributed by atoms with Gasteiger partial charge in [0.05, 0.1) is 17.8 Å². The summed E-state index contributed by atoms with van der Waals surface area (Å²) in [6, 6.07) is 19.9. The third-order valence-corrected chi connectivity index (χ3v) is 6.40. The summed E-state index contributed by atoms with van der Waals surface area (Å²) in [6.45, 7) is 0.316. The Kier molecular flexibility index (Phi) is 8.03. The molecule has 0 saturated carbocycles. The number of benzene rings is 3. The Morgan fingerprint density at radius 2 is 1.95 bits per heavy atom. The quantitative estimate of drug-likeness (QED) is 0.176. The number of nitrogens with zero attached hydrogens (tertiary/aromatic N) is 6. The van der Waals surface area contributed by atoms with Crippen molar-refractivity contribution in [2.24, 2.45) is 5.10 Å². The first-order valence-corrected chi connectivity index (χ1v) is 12.8. The number of amides is 1. The second-order valence-electron chi connectivity index (χ2n) is 8.19. The number of nitrogens with one attached hydrogen (secondary N) is 1. The summed E-state index contributed by atoms with van der Waals surface area (Å²) in [6.07, 6.45) is 1.46. The average molecular weight is 624 g/mol. The average Bonchev–Trinajstić information content (AvgIpc) is 3.59. The van der Waals surface area contributed by atoms with Gasteiger partial charge in [0, 0.05) is 10.6 Å². The summed E-state index contributed by atoms with van der Waals surface area (Å²) in [5.74, 6) is 0.482. The zero-order valence-corrected chi connectivity index (χ0v) is 23.1. The van der Waals surface area contributed by atoms with Gasteiger partial charge in [0.25, 0.3) is 5.91 Å². The van der Waals surface area contributed by atoms with Crippen LogP contribution in [-0.4, -0.2) is 44.5 Å². The summed E-state index contributed by atoms with van der Waals surface area (Å²) in [7, 11) is 1.53. The molecule has 0 bridgehead atoms. The van der Waals surface area contributed by atoms with E-state index in [1.165, 1.54) is 18.0 Å². The molecule has 0 aliphatic rings. The minimum atomic E-state index is -0.606. The Labute approximate surface area is 240 Å². The molecule has 12 nitrogen and oxygen atoms in total. The minimum Gasteiger partial charge on any atom is -0.493 e. The molecule has 0 aliphatic carbocycles. The van der Waals surface area contributed by atoms with Crippen LogP contribution in [0.3, 0.4) is 0 Å². The largest absolute Gasteiger partial charge is 0.493 e. The number of carbonyl (C=O) groups is 1. The van der Waals surface area contributed by atoms with Crippen molar-refractivity contribution in [1.29, 1.82) is 0 Å². The van der Waals surface area contributed by atoms with Crippen molar-refractivity contribution in [2.75, 3.05) is 12.8 Å². The molecule has 202 valence electrons. The van der Waals surface area contributed by atoms with Gasteiger partial charge in [-0.1, -0.05) is 59.3 Å². The lowest BCUT2D eigenvalue weighted by atomic mass is 10.1. The number of hydrogen-bond donors (Lipinski definition) is 2. The Morgan fingerprint density at radius 3 is 2.65 bits per heavy atom. The summed E-state index contributed by atoms with van der Waals surface area (Å²) < 4.78 is 18.1. The Morgan fingerprint density at radius 1 is 1.18 bits per heavy atom. The first-order chi connectivity index (χ1) is 19.4. The number of nitrogen functional groups attached to an aromatic ring is 1. The molecule has 3 N–H and O–H groups in total. The van der Waals surface area contributed by atoms with Gasteiger partial charge in [-0.05, 0) is 61.6 Å². The van der Waals surface area contributed by atoms with Crippen molar-refractivity contribution in [1.82, 2.24) is 30.7 Å². The van der Waals surface area contributed by atoms with E-state index < -0.39 is 5.91 Å². The molecular weight excluding hydrogens is 604 g/mol. The Bertz CT molecular complexity index is 1670. The molecule has 0 saturated heterocycles. The van der Waals surface area contributed by atoms with Gasteiger partial charge in [-0.3, -0.25) is 4.79 Å². The molecular formula is C26H20BrClN8O4. The molecule has 5 aromatic rings. The van der Waals surface area contributed by atoms with Crippen LogP contribution >= 0.6 is 27.5 Å². The van der Waals surface area contributed by atoms with Crippen LogP contribution in [0.15, 0.2) is 80.9 Å². The number of methoxy groups -OCH3 is 1. The first-order valence-electron chi connectivity index (χ1n) is 11.6. The number of aromatic nitrogens is 5. The monoisotopic (exact) mass is 622 g/mol. The minimum absolute atomic E-state index is 0.00421. The predicted octanol–water partition coefficient (Wildman–Crippen LogP) is 4.67. The molecule has 0 atom stereocenters. The number of rotatable bonds is 9. The third-order valence-electron chi connectivity index (χ3n) is 5.56. The molecule has 2 heterocycles. The maximum Gasteiger partial charge on any atom is 0.294 e. The number of anilines is 1. The van der Waals surface area contributed by atoms with E-state index >= 15 is 0 Å². The number of halogens is 2.